The van der Waals surface area contributed by atoms with E-state index in [1.165, 1.54) is 4.40 Å². The predicted octanol–water partition coefficient (Wildman–Crippen LogP) is 3.36. The number of benzene rings is 1. The first-order valence-corrected chi connectivity index (χ1v) is 6.36. The number of hydrogen-bond donors (Lipinski definition) is 2. The van der Waals surface area contributed by atoms with Gasteiger partial charge < -0.3 is 10.8 Å². The lowest BCUT2D eigenvalue weighted by Crippen LogP contribution is -2.05. The van der Waals surface area contributed by atoms with E-state index in [-0.39, 0.29) is 22.2 Å². The lowest BCUT2D eigenvalue weighted by atomic mass is 10.0. The van der Waals surface area contributed by atoms with Gasteiger partial charge in [-0.2, -0.15) is 13.2 Å². The van der Waals surface area contributed by atoms with Crippen molar-refractivity contribution in [3.05, 3.63) is 41.0 Å². The quantitative estimate of drug-likeness (QED) is 0.718. The third-order valence-electron chi connectivity index (χ3n) is 3.13. The number of phenolic OH excluding ortho intramolecular Hbond substituents is 1. The molecule has 0 aliphatic carbocycles. The number of alkyl halides is 3. The van der Waals surface area contributed by atoms with Gasteiger partial charge in [-0.1, -0.05) is 11.6 Å². The molecule has 3 aromatic rings. The van der Waals surface area contributed by atoms with E-state index in [4.69, 9.17) is 17.3 Å². The molecule has 0 aliphatic rings. The number of anilines is 1. The van der Waals surface area contributed by atoms with Gasteiger partial charge in [0.15, 0.2) is 5.65 Å². The van der Waals surface area contributed by atoms with Gasteiger partial charge in [-0.25, -0.2) is 0 Å². The van der Waals surface area contributed by atoms with Crippen molar-refractivity contribution in [3.8, 4) is 16.9 Å². The van der Waals surface area contributed by atoms with Crippen LogP contribution in [0.5, 0.6) is 5.75 Å². The number of phenols is 1. The summed E-state index contributed by atoms with van der Waals surface area (Å²) in [5.74, 6) is -0.492. The van der Waals surface area contributed by atoms with Gasteiger partial charge in [0.05, 0.1) is 10.6 Å². The molecule has 0 spiro atoms. The van der Waals surface area contributed by atoms with Crippen LogP contribution in [0.1, 0.15) is 5.56 Å². The molecular formula is C13H8ClF3N4O. The van der Waals surface area contributed by atoms with Crippen LogP contribution in [-0.4, -0.2) is 19.7 Å². The first kappa shape index (κ1) is 14.5. The molecule has 3 rings (SSSR count). The monoisotopic (exact) mass is 328 g/mol. The minimum atomic E-state index is -4.61. The van der Waals surface area contributed by atoms with Crippen LogP contribution in [0.3, 0.4) is 0 Å². The van der Waals surface area contributed by atoms with Gasteiger partial charge in [-0.15, -0.1) is 10.2 Å². The molecule has 114 valence electrons. The Balaban J connectivity index is 2.28. The smallest absolute Gasteiger partial charge is 0.416 e. The van der Waals surface area contributed by atoms with E-state index in [2.05, 4.69) is 10.2 Å². The standard InChI is InChI=1S/C13H8ClF3N4O/c14-8-4-6(13(15,16)17)5-9(22)10(8)7-2-1-3-21-11(7)19-20-12(21)18/h1-5,22H,(H2,18,20). The van der Waals surface area contributed by atoms with Gasteiger partial charge in [0.2, 0.25) is 5.95 Å². The highest BCUT2D eigenvalue weighted by Gasteiger charge is 2.32. The second kappa shape index (κ2) is 4.77. The molecule has 0 bridgehead atoms. The fourth-order valence-corrected chi connectivity index (χ4v) is 2.47. The Bertz CT molecular complexity index is 852. The summed E-state index contributed by atoms with van der Waals surface area (Å²) in [5.41, 5.74) is 5.22. The Morgan fingerprint density at radius 1 is 1.23 bits per heavy atom. The summed E-state index contributed by atoms with van der Waals surface area (Å²) in [4.78, 5) is 0. The number of rotatable bonds is 1. The number of aromatic hydroxyl groups is 1. The summed E-state index contributed by atoms with van der Waals surface area (Å²) in [5, 5.41) is 17.3. The number of hydrogen-bond acceptors (Lipinski definition) is 4. The fraction of sp³-hybridized carbons (Fsp3) is 0.0769. The van der Waals surface area contributed by atoms with Crippen LogP contribution in [0.25, 0.3) is 16.8 Å². The van der Waals surface area contributed by atoms with E-state index in [0.717, 1.165) is 6.07 Å². The van der Waals surface area contributed by atoms with Crippen molar-refractivity contribution in [1.82, 2.24) is 14.6 Å². The van der Waals surface area contributed by atoms with Crippen LogP contribution in [0.15, 0.2) is 30.5 Å². The molecule has 0 fully saturated rings. The maximum atomic E-state index is 12.7. The van der Waals surface area contributed by atoms with Crippen molar-refractivity contribution < 1.29 is 18.3 Å². The fourth-order valence-electron chi connectivity index (χ4n) is 2.15. The topological polar surface area (TPSA) is 76.4 Å². The van der Waals surface area contributed by atoms with E-state index in [0.29, 0.717) is 11.6 Å². The van der Waals surface area contributed by atoms with E-state index >= 15 is 0 Å². The van der Waals surface area contributed by atoms with Crippen molar-refractivity contribution in [2.24, 2.45) is 0 Å². The van der Waals surface area contributed by atoms with Crippen LogP contribution in [0, 0.1) is 0 Å². The Kier molecular flexibility index (Phi) is 3.13. The number of nitrogens with zero attached hydrogens (tertiary/aromatic N) is 3. The minimum Gasteiger partial charge on any atom is -0.507 e. The van der Waals surface area contributed by atoms with Crippen LogP contribution in [0.2, 0.25) is 5.02 Å². The number of nitrogen functional groups attached to an aromatic ring is 1. The summed E-state index contributed by atoms with van der Waals surface area (Å²) in [6, 6.07) is 4.51. The van der Waals surface area contributed by atoms with E-state index < -0.39 is 17.5 Å². The second-order valence-corrected chi connectivity index (χ2v) is 4.93. The summed E-state index contributed by atoms with van der Waals surface area (Å²) >= 11 is 5.93. The molecule has 0 atom stereocenters. The van der Waals surface area contributed by atoms with Crippen molar-refractivity contribution in [2.75, 3.05) is 5.73 Å². The number of halogens is 4. The van der Waals surface area contributed by atoms with Crippen LogP contribution < -0.4 is 5.73 Å². The Morgan fingerprint density at radius 2 is 1.95 bits per heavy atom. The normalized spacial score (nSPS) is 12.0. The van der Waals surface area contributed by atoms with Crippen molar-refractivity contribution in [2.45, 2.75) is 6.18 Å². The summed E-state index contributed by atoms with van der Waals surface area (Å²) in [6.45, 7) is 0. The average molecular weight is 329 g/mol. The van der Waals surface area contributed by atoms with Gasteiger partial charge in [-0.3, -0.25) is 4.40 Å². The third-order valence-corrected chi connectivity index (χ3v) is 3.43. The van der Waals surface area contributed by atoms with Crippen LogP contribution >= 0.6 is 11.6 Å². The number of fused-ring (bicyclic) bond motifs is 1. The molecular weight excluding hydrogens is 321 g/mol. The molecule has 0 aliphatic heterocycles. The van der Waals surface area contributed by atoms with Gasteiger partial charge >= 0.3 is 6.18 Å². The van der Waals surface area contributed by atoms with E-state index in [1.54, 1.807) is 18.3 Å². The van der Waals surface area contributed by atoms with Crippen LogP contribution in [-0.2, 0) is 6.18 Å². The highest BCUT2D eigenvalue weighted by atomic mass is 35.5. The highest BCUT2D eigenvalue weighted by Crippen LogP contribution is 2.42. The first-order valence-electron chi connectivity index (χ1n) is 5.98. The molecule has 2 aromatic heterocycles. The minimum absolute atomic E-state index is 0.0349. The molecule has 0 amide bonds. The van der Waals surface area contributed by atoms with E-state index in [1.807, 2.05) is 0 Å². The molecule has 0 saturated carbocycles. The molecule has 0 unspecified atom stereocenters. The first-order chi connectivity index (χ1) is 10.3. The molecule has 3 N–H and O–H groups in total. The third kappa shape index (κ3) is 2.21. The molecule has 9 heteroatoms. The van der Waals surface area contributed by atoms with Crippen molar-refractivity contribution >= 4 is 23.2 Å². The largest absolute Gasteiger partial charge is 0.507 e. The predicted molar refractivity (Wildman–Crippen MR) is 74.5 cm³/mol. The highest BCUT2D eigenvalue weighted by molar-refractivity contribution is 6.34. The molecule has 0 radical (unpaired) electrons. The zero-order valence-electron chi connectivity index (χ0n) is 10.8. The number of aromatic nitrogens is 3. The SMILES string of the molecule is Nc1nnc2c(-c3c(O)cc(C(F)(F)F)cc3Cl)cccn12. The van der Waals surface area contributed by atoms with Crippen LogP contribution in [0.4, 0.5) is 19.1 Å². The lowest BCUT2D eigenvalue weighted by molar-refractivity contribution is -0.137. The number of pyridine rings is 1. The van der Waals surface area contributed by atoms with E-state index in [9.17, 15) is 18.3 Å². The lowest BCUT2D eigenvalue weighted by Gasteiger charge is -2.12. The van der Waals surface area contributed by atoms with Gasteiger partial charge in [-0.05, 0) is 24.3 Å². The van der Waals surface area contributed by atoms with Crippen molar-refractivity contribution in [1.29, 1.82) is 0 Å². The Morgan fingerprint density at radius 3 is 2.59 bits per heavy atom. The maximum Gasteiger partial charge on any atom is 0.416 e. The Labute approximate surface area is 126 Å². The van der Waals surface area contributed by atoms with Crippen molar-refractivity contribution in [3.63, 3.8) is 0 Å². The average Bonchev–Trinajstić information content (AvgIpc) is 2.80. The molecule has 22 heavy (non-hydrogen) atoms. The van der Waals surface area contributed by atoms with Gasteiger partial charge in [0, 0.05) is 17.3 Å². The Hall–Kier alpha value is -2.48. The molecule has 2 heterocycles. The maximum absolute atomic E-state index is 12.7. The molecule has 1 aromatic carbocycles. The summed E-state index contributed by atoms with van der Waals surface area (Å²) in [6.07, 6.45) is -3.02. The second-order valence-electron chi connectivity index (χ2n) is 4.52. The zero-order valence-corrected chi connectivity index (χ0v) is 11.5. The summed E-state index contributed by atoms with van der Waals surface area (Å²) < 4.78 is 39.6. The summed E-state index contributed by atoms with van der Waals surface area (Å²) in [7, 11) is 0. The zero-order chi connectivity index (χ0) is 16.1. The van der Waals surface area contributed by atoms with Gasteiger partial charge in [0.1, 0.15) is 5.75 Å². The molecule has 0 saturated heterocycles. The molecule has 5 nitrogen and oxygen atoms in total. The van der Waals surface area contributed by atoms with Gasteiger partial charge in [0.25, 0.3) is 0 Å². The number of nitrogens with two attached hydrogens (primary N) is 1.